The Hall–Kier alpha value is -1.57. The van der Waals surface area contributed by atoms with Crippen LogP contribution in [0.4, 0.5) is 0 Å². The van der Waals surface area contributed by atoms with Gasteiger partial charge in [0.25, 0.3) is 0 Å². The SMILES string of the molecule is Cc1cc(C)cc(C=CC(=O)O)c1. The Kier molecular flexibility index (Phi) is 2.85. The average molecular weight is 176 g/mol. The van der Waals surface area contributed by atoms with Crippen LogP contribution in [0.5, 0.6) is 0 Å². The topological polar surface area (TPSA) is 37.3 Å². The molecule has 0 aliphatic carbocycles. The summed E-state index contributed by atoms with van der Waals surface area (Å²) in [5.41, 5.74) is 3.22. The minimum Gasteiger partial charge on any atom is -0.478 e. The van der Waals surface area contributed by atoms with Gasteiger partial charge in [-0.2, -0.15) is 0 Å². The molecular formula is C11H12O2. The first-order valence-corrected chi connectivity index (χ1v) is 4.07. The predicted octanol–water partition coefficient (Wildman–Crippen LogP) is 2.40. The third-order valence-electron chi connectivity index (χ3n) is 1.66. The zero-order chi connectivity index (χ0) is 9.84. The minimum absolute atomic E-state index is 0.917. The number of hydrogen-bond donors (Lipinski definition) is 1. The fraction of sp³-hybridized carbons (Fsp3) is 0.182. The highest BCUT2D eigenvalue weighted by Crippen LogP contribution is 2.09. The van der Waals surface area contributed by atoms with Crippen LogP contribution in [0.1, 0.15) is 16.7 Å². The Balaban J connectivity index is 2.95. The summed E-state index contributed by atoms with van der Waals surface area (Å²) >= 11 is 0. The molecule has 0 saturated heterocycles. The molecule has 0 bridgehead atoms. The number of hydrogen-bond acceptors (Lipinski definition) is 1. The van der Waals surface area contributed by atoms with Gasteiger partial charge in [0.2, 0.25) is 0 Å². The lowest BCUT2D eigenvalue weighted by molar-refractivity contribution is -0.131. The molecule has 2 heteroatoms. The summed E-state index contributed by atoms with van der Waals surface area (Å²) in [5, 5.41) is 8.43. The lowest BCUT2D eigenvalue weighted by Crippen LogP contribution is -1.86. The maximum atomic E-state index is 10.3. The van der Waals surface area contributed by atoms with Crippen molar-refractivity contribution in [1.82, 2.24) is 0 Å². The summed E-state index contributed by atoms with van der Waals surface area (Å²) in [4.78, 5) is 10.3. The maximum Gasteiger partial charge on any atom is 0.328 e. The molecule has 0 unspecified atom stereocenters. The summed E-state index contributed by atoms with van der Waals surface area (Å²) in [7, 11) is 0. The Morgan fingerprint density at radius 3 is 2.23 bits per heavy atom. The van der Waals surface area contributed by atoms with Crippen LogP contribution in [0.2, 0.25) is 0 Å². The molecule has 0 saturated carbocycles. The van der Waals surface area contributed by atoms with Crippen LogP contribution in [0.25, 0.3) is 6.08 Å². The van der Waals surface area contributed by atoms with Crippen LogP contribution in [-0.2, 0) is 4.79 Å². The molecule has 0 amide bonds. The molecule has 1 aromatic rings. The molecular weight excluding hydrogens is 164 g/mol. The third kappa shape index (κ3) is 3.11. The van der Waals surface area contributed by atoms with E-state index in [-0.39, 0.29) is 0 Å². The van der Waals surface area contributed by atoms with Crippen molar-refractivity contribution in [2.75, 3.05) is 0 Å². The average Bonchev–Trinajstić information content (AvgIpc) is 1.99. The number of aliphatic carboxylic acids is 1. The van der Waals surface area contributed by atoms with Crippen molar-refractivity contribution in [3.05, 3.63) is 41.0 Å². The van der Waals surface area contributed by atoms with E-state index in [4.69, 9.17) is 5.11 Å². The van der Waals surface area contributed by atoms with Gasteiger partial charge in [-0.25, -0.2) is 4.79 Å². The summed E-state index contributed by atoms with van der Waals surface area (Å²) in [5.74, 6) is -0.917. The number of carboxylic acid groups (broad SMARTS) is 1. The van der Waals surface area contributed by atoms with E-state index >= 15 is 0 Å². The molecule has 0 fully saturated rings. The van der Waals surface area contributed by atoms with E-state index in [2.05, 4.69) is 6.07 Å². The van der Waals surface area contributed by atoms with Crippen molar-refractivity contribution in [2.45, 2.75) is 13.8 Å². The highest BCUT2D eigenvalue weighted by atomic mass is 16.4. The highest BCUT2D eigenvalue weighted by Gasteiger charge is 1.92. The second kappa shape index (κ2) is 3.90. The van der Waals surface area contributed by atoms with Gasteiger partial charge in [0.1, 0.15) is 0 Å². The van der Waals surface area contributed by atoms with E-state index in [0.717, 1.165) is 22.8 Å². The van der Waals surface area contributed by atoms with E-state index in [1.807, 2.05) is 26.0 Å². The molecule has 0 radical (unpaired) electrons. The molecule has 1 N–H and O–H groups in total. The maximum absolute atomic E-state index is 10.3. The van der Waals surface area contributed by atoms with Crippen LogP contribution < -0.4 is 0 Å². The predicted molar refractivity (Wildman–Crippen MR) is 52.6 cm³/mol. The molecule has 0 aromatic heterocycles. The fourth-order valence-electron chi connectivity index (χ4n) is 1.27. The second-order valence-electron chi connectivity index (χ2n) is 3.09. The molecule has 0 heterocycles. The van der Waals surface area contributed by atoms with E-state index in [0.29, 0.717) is 0 Å². The quantitative estimate of drug-likeness (QED) is 0.702. The third-order valence-corrected chi connectivity index (χ3v) is 1.66. The normalized spacial score (nSPS) is 10.6. The van der Waals surface area contributed by atoms with Gasteiger partial charge in [-0.05, 0) is 25.5 Å². The summed E-state index contributed by atoms with van der Waals surface area (Å²) < 4.78 is 0. The van der Waals surface area contributed by atoms with Gasteiger partial charge in [-0.15, -0.1) is 0 Å². The number of carboxylic acids is 1. The van der Waals surface area contributed by atoms with Gasteiger partial charge in [-0.1, -0.05) is 29.3 Å². The number of benzene rings is 1. The molecule has 0 atom stereocenters. The molecule has 0 aliphatic heterocycles. The zero-order valence-corrected chi connectivity index (χ0v) is 7.74. The van der Waals surface area contributed by atoms with E-state index in [9.17, 15) is 4.79 Å². The summed E-state index contributed by atoms with van der Waals surface area (Å²) in [6.45, 7) is 3.98. The Morgan fingerprint density at radius 1 is 1.23 bits per heavy atom. The first-order valence-electron chi connectivity index (χ1n) is 4.07. The fourth-order valence-corrected chi connectivity index (χ4v) is 1.27. The lowest BCUT2D eigenvalue weighted by Gasteiger charge is -1.98. The molecule has 1 rings (SSSR count). The van der Waals surface area contributed by atoms with Gasteiger partial charge in [0, 0.05) is 6.08 Å². The van der Waals surface area contributed by atoms with Crippen molar-refractivity contribution in [3.8, 4) is 0 Å². The summed E-state index contributed by atoms with van der Waals surface area (Å²) in [6, 6.07) is 5.96. The van der Waals surface area contributed by atoms with Crippen molar-refractivity contribution in [3.63, 3.8) is 0 Å². The Morgan fingerprint density at radius 2 is 1.77 bits per heavy atom. The second-order valence-corrected chi connectivity index (χ2v) is 3.09. The zero-order valence-electron chi connectivity index (χ0n) is 7.74. The molecule has 1 aromatic carbocycles. The number of aryl methyl sites for hydroxylation is 2. The van der Waals surface area contributed by atoms with Crippen molar-refractivity contribution in [2.24, 2.45) is 0 Å². The molecule has 13 heavy (non-hydrogen) atoms. The first-order chi connectivity index (χ1) is 6.08. The highest BCUT2D eigenvalue weighted by molar-refractivity contribution is 5.85. The smallest absolute Gasteiger partial charge is 0.328 e. The van der Waals surface area contributed by atoms with Gasteiger partial charge in [0.15, 0.2) is 0 Å². The van der Waals surface area contributed by atoms with Crippen LogP contribution in [-0.4, -0.2) is 11.1 Å². The van der Waals surface area contributed by atoms with E-state index in [1.165, 1.54) is 0 Å². The molecule has 0 aliphatic rings. The molecule has 0 spiro atoms. The van der Waals surface area contributed by atoms with Crippen molar-refractivity contribution < 1.29 is 9.90 Å². The van der Waals surface area contributed by atoms with Gasteiger partial charge >= 0.3 is 5.97 Å². The summed E-state index contributed by atoms with van der Waals surface area (Å²) in [6.07, 6.45) is 2.75. The standard InChI is InChI=1S/C11H12O2/c1-8-5-9(2)7-10(6-8)3-4-11(12)13/h3-7H,1-2H3,(H,12,13). The minimum atomic E-state index is -0.917. The number of rotatable bonds is 2. The van der Waals surface area contributed by atoms with E-state index in [1.54, 1.807) is 6.08 Å². The van der Waals surface area contributed by atoms with E-state index < -0.39 is 5.97 Å². The lowest BCUT2D eigenvalue weighted by atomic mass is 10.1. The van der Waals surface area contributed by atoms with Crippen LogP contribution in [0.3, 0.4) is 0 Å². The molecule has 68 valence electrons. The first kappa shape index (κ1) is 9.52. The van der Waals surface area contributed by atoms with Gasteiger partial charge in [-0.3, -0.25) is 0 Å². The largest absolute Gasteiger partial charge is 0.478 e. The van der Waals surface area contributed by atoms with Crippen LogP contribution in [0, 0.1) is 13.8 Å². The van der Waals surface area contributed by atoms with Gasteiger partial charge in [0.05, 0.1) is 0 Å². The van der Waals surface area contributed by atoms with Gasteiger partial charge < -0.3 is 5.11 Å². The molecule has 2 nitrogen and oxygen atoms in total. The van der Waals surface area contributed by atoms with Crippen molar-refractivity contribution in [1.29, 1.82) is 0 Å². The van der Waals surface area contributed by atoms with Crippen LogP contribution >= 0.6 is 0 Å². The number of carbonyl (C=O) groups is 1. The van der Waals surface area contributed by atoms with Crippen LogP contribution in [0.15, 0.2) is 24.3 Å². The van der Waals surface area contributed by atoms with Crippen molar-refractivity contribution >= 4 is 12.0 Å². The Bertz CT molecular complexity index is 331. The Labute approximate surface area is 77.5 Å². The monoisotopic (exact) mass is 176 g/mol.